The first-order chi connectivity index (χ1) is 8.25. The van der Waals surface area contributed by atoms with Crippen LogP contribution in [0.4, 0.5) is 0 Å². The summed E-state index contributed by atoms with van der Waals surface area (Å²) in [5.74, 6) is -0.211. The summed E-state index contributed by atoms with van der Waals surface area (Å²) in [5.41, 5.74) is 6.63. The Morgan fingerprint density at radius 3 is 2.82 bits per heavy atom. The summed E-state index contributed by atoms with van der Waals surface area (Å²) in [6.45, 7) is 1.43. The van der Waals surface area contributed by atoms with Crippen LogP contribution in [0.15, 0.2) is 30.3 Å². The van der Waals surface area contributed by atoms with Crippen molar-refractivity contribution in [3.63, 3.8) is 0 Å². The van der Waals surface area contributed by atoms with Gasteiger partial charge in [-0.25, -0.2) is 0 Å². The van der Waals surface area contributed by atoms with Crippen LogP contribution in [0.5, 0.6) is 0 Å². The highest BCUT2D eigenvalue weighted by Crippen LogP contribution is 2.21. The van der Waals surface area contributed by atoms with Crippen LogP contribution in [-0.4, -0.2) is 29.9 Å². The van der Waals surface area contributed by atoms with E-state index in [-0.39, 0.29) is 5.91 Å². The molecule has 1 aromatic carbocycles. The fourth-order valence-corrected chi connectivity index (χ4v) is 2.61. The number of primary amides is 1. The van der Waals surface area contributed by atoms with Crippen molar-refractivity contribution in [2.45, 2.75) is 31.7 Å². The van der Waals surface area contributed by atoms with Crippen molar-refractivity contribution in [1.29, 1.82) is 0 Å². The highest BCUT2D eigenvalue weighted by atomic mass is 16.1. The van der Waals surface area contributed by atoms with Crippen molar-refractivity contribution in [1.82, 2.24) is 4.90 Å². The average Bonchev–Trinajstić information content (AvgIpc) is 2.74. The molecule has 1 aromatic rings. The van der Waals surface area contributed by atoms with E-state index in [0.717, 1.165) is 19.4 Å². The van der Waals surface area contributed by atoms with E-state index in [2.05, 4.69) is 29.2 Å². The standard InChI is InChI=1S/C14H20N2O/c15-14(17)11-16-10-4-7-13(16)9-8-12-5-2-1-3-6-12/h1-3,5-6,13H,4,7-11H2,(H2,15,17)/t13-/m1/s1. The van der Waals surface area contributed by atoms with Crippen LogP contribution in [0, 0.1) is 0 Å². The molecule has 0 bridgehead atoms. The zero-order valence-electron chi connectivity index (χ0n) is 10.1. The number of benzene rings is 1. The van der Waals surface area contributed by atoms with Crippen LogP contribution < -0.4 is 5.73 Å². The van der Waals surface area contributed by atoms with Gasteiger partial charge in [0.05, 0.1) is 6.54 Å². The molecule has 3 nitrogen and oxygen atoms in total. The fourth-order valence-electron chi connectivity index (χ4n) is 2.61. The van der Waals surface area contributed by atoms with Crippen LogP contribution in [-0.2, 0) is 11.2 Å². The number of hydrogen-bond acceptors (Lipinski definition) is 2. The lowest BCUT2D eigenvalue weighted by Crippen LogP contribution is -2.37. The van der Waals surface area contributed by atoms with Crippen molar-refractivity contribution >= 4 is 5.91 Å². The van der Waals surface area contributed by atoms with Crippen molar-refractivity contribution in [3.8, 4) is 0 Å². The molecule has 0 aliphatic carbocycles. The van der Waals surface area contributed by atoms with E-state index in [1.54, 1.807) is 0 Å². The van der Waals surface area contributed by atoms with E-state index in [0.29, 0.717) is 12.6 Å². The molecule has 1 atom stereocenters. The van der Waals surface area contributed by atoms with Crippen LogP contribution in [0.2, 0.25) is 0 Å². The highest BCUT2D eigenvalue weighted by Gasteiger charge is 2.24. The summed E-state index contributed by atoms with van der Waals surface area (Å²) in [4.78, 5) is 13.2. The van der Waals surface area contributed by atoms with Gasteiger partial charge in [0.1, 0.15) is 0 Å². The third-order valence-corrected chi connectivity index (χ3v) is 3.47. The van der Waals surface area contributed by atoms with Crippen molar-refractivity contribution < 1.29 is 4.79 Å². The van der Waals surface area contributed by atoms with Gasteiger partial charge in [-0.05, 0) is 37.8 Å². The summed E-state index contributed by atoms with van der Waals surface area (Å²) >= 11 is 0. The van der Waals surface area contributed by atoms with Crippen molar-refractivity contribution in [2.24, 2.45) is 5.73 Å². The monoisotopic (exact) mass is 232 g/mol. The Morgan fingerprint density at radius 1 is 1.35 bits per heavy atom. The molecule has 0 aromatic heterocycles. The minimum absolute atomic E-state index is 0.211. The van der Waals surface area contributed by atoms with Gasteiger partial charge in [-0.3, -0.25) is 9.69 Å². The minimum atomic E-state index is -0.211. The third kappa shape index (κ3) is 3.56. The topological polar surface area (TPSA) is 46.3 Å². The summed E-state index contributed by atoms with van der Waals surface area (Å²) in [6, 6.07) is 11.0. The maximum absolute atomic E-state index is 11.0. The molecule has 1 aliphatic rings. The minimum Gasteiger partial charge on any atom is -0.369 e. The maximum atomic E-state index is 11.0. The predicted molar refractivity (Wildman–Crippen MR) is 68.6 cm³/mol. The Labute approximate surface area is 103 Å². The number of rotatable bonds is 5. The van der Waals surface area contributed by atoms with Gasteiger partial charge >= 0.3 is 0 Å². The number of nitrogens with two attached hydrogens (primary N) is 1. The van der Waals surface area contributed by atoms with Gasteiger partial charge < -0.3 is 5.73 Å². The second kappa shape index (κ2) is 5.82. The van der Waals surface area contributed by atoms with Gasteiger partial charge in [0, 0.05) is 6.04 Å². The van der Waals surface area contributed by atoms with E-state index in [9.17, 15) is 4.79 Å². The molecule has 1 saturated heterocycles. The highest BCUT2D eigenvalue weighted by molar-refractivity contribution is 5.76. The lowest BCUT2D eigenvalue weighted by atomic mass is 10.0. The van der Waals surface area contributed by atoms with Crippen LogP contribution in [0.3, 0.4) is 0 Å². The Kier molecular flexibility index (Phi) is 4.15. The molecule has 0 radical (unpaired) electrons. The number of aryl methyl sites for hydroxylation is 1. The number of carbonyl (C=O) groups excluding carboxylic acids is 1. The SMILES string of the molecule is NC(=O)CN1CCC[C@@H]1CCc1ccccc1. The van der Waals surface area contributed by atoms with Crippen LogP contribution in [0.25, 0.3) is 0 Å². The molecule has 0 spiro atoms. The molecule has 3 heteroatoms. The quantitative estimate of drug-likeness (QED) is 0.837. The molecular formula is C14H20N2O. The Bertz CT molecular complexity index is 364. The second-order valence-corrected chi connectivity index (χ2v) is 4.76. The van der Waals surface area contributed by atoms with E-state index < -0.39 is 0 Å². The Hall–Kier alpha value is -1.35. The fraction of sp³-hybridized carbons (Fsp3) is 0.500. The zero-order chi connectivity index (χ0) is 12.1. The molecule has 0 saturated carbocycles. The van der Waals surface area contributed by atoms with Gasteiger partial charge in [0.2, 0.25) is 5.91 Å². The first-order valence-corrected chi connectivity index (χ1v) is 6.32. The second-order valence-electron chi connectivity index (χ2n) is 4.76. The molecule has 92 valence electrons. The number of likely N-dealkylation sites (tertiary alicyclic amines) is 1. The largest absolute Gasteiger partial charge is 0.369 e. The summed E-state index contributed by atoms with van der Waals surface area (Å²) in [7, 11) is 0. The van der Waals surface area contributed by atoms with Gasteiger partial charge in [0.15, 0.2) is 0 Å². The Morgan fingerprint density at radius 2 is 2.12 bits per heavy atom. The van der Waals surface area contributed by atoms with E-state index in [4.69, 9.17) is 5.73 Å². The van der Waals surface area contributed by atoms with Crippen LogP contribution >= 0.6 is 0 Å². The van der Waals surface area contributed by atoms with Gasteiger partial charge in [-0.1, -0.05) is 30.3 Å². The van der Waals surface area contributed by atoms with E-state index in [1.807, 2.05) is 6.07 Å². The van der Waals surface area contributed by atoms with Crippen molar-refractivity contribution in [2.75, 3.05) is 13.1 Å². The molecular weight excluding hydrogens is 212 g/mol. The van der Waals surface area contributed by atoms with E-state index in [1.165, 1.54) is 18.4 Å². The van der Waals surface area contributed by atoms with Gasteiger partial charge in [-0.2, -0.15) is 0 Å². The average molecular weight is 232 g/mol. The summed E-state index contributed by atoms with van der Waals surface area (Å²) < 4.78 is 0. The third-order valence-electron chi connectivity index (χ3n) is 3.47. The molecule has 17 heavy (non-hydrogen) atoms. The molecule has 0 unspecified atom stereocenters. The van der Waals surface area contributed by atoms with Gasteiger partial charge in [-0.15, -0.1) is 0 Å². The molecule has 1 amide bonds. The lowest BCUT2D eigenvalue weighted by molar-refractivity contribution is -0.119. The maximum Gasteiger partial charge on any atom is 0.231 e. The van der Waals surface area contributed by atoms with Crippen molar-refractivity contribution in [3.05, 3.63) is 35.9 Å². The van der Waals surface area contributed by atoms with E-state index >= 15 is 0 Å². The normalized spacial score (nSPS) is 20.6. The predicted octanol–water partition coefficient (Wildman–Crippen LogP) is 1.57. The summed E-state index contributed by atoms with van der Waals surface area (Å²) in [5, 5.41) is 0. The van der Waals surface area contributed by atoms with Gasteiger partial charge in [0.25, 0.3) is 0 Å². The first kappa shape index (κ1) is 12.1. The number of hydrogen-bond donors (Lipinski definition) is 1. The summed E-state index contributed by atoms with van der Waals surface area (Å²) in [6.07, 6.45) is 4.59. The number of nitrogens with zero attached hydrogens (tertiary/aromatic N) is 1. The molecule has 1 heterocycles. The lowest BCUT2D eigenvalue weighted by Gasteiger charge is -2.22. The zero-order valence-corrected chi connectivity index (χ0v) is 10.1. The molecule has 2 N–H and O–H groups in total. The molecule has 2 rings (SSSR count). The molecule has 1 aliphatic heterocycles. The smallest absolute Gasteiger partial charge is 0.231 e. The number of amides is 1. The molecule has 1 fully saturated rings. The first-order valence-electron chi connectivity index (χ1n) is 6.32. The Balaban J connectivity index is 1.84. The number of carbonyl (C=O) groups is 1. The van der Waals surface area contributed by atoms with Crippen LogP contribution in [0.1, 0.15) is 24.8 Å².